The van der Waals surface area contributed by atoms with Crippen molar-refractivity contribution in [1.82, 2.24) is 14.3 Å². The standard InChI is InChI=1S/C19H12ClF3N4O5S/c20-10-6-8-12(9-7-10)33(31,32)26-18(19(21,22)23)13-14(24-16(18)29)27(17(30)25-15(13)28)11-4-2-1-3-5-11/h1-9,26H,(H,24,29)(H,25,28,30)/t18-/m0/s1. The van der Waals surface area contributed by atoms with Crippen molar-refractivity contribution >= 4 is 33.3 Å². The molecule has 1 aromatic heterocycles. The summed E-state index contributed by atoms with van der Waals surface area (Å²) in [6, 6.07) is 11.3. The minimum atomic E-state index is -5.62. The van der Waals surface area contributed by atoms with Gasteiger partial charge in [-0.05, 0) is 36.4 Å². The third-order valence-electron chi connectivity index (χ3n) is 4.91. The number of fused-ring (bicyclic) bond motifs is 1. The minimum Gasteiger partial charge on any atom is -0.309 e. The summed E-state index contributed by atoms with van der Waals surface area (Å²) in [6.45, 7) is 0. The molecule has 3 aromatic rings. The summed E-state index contributed by atoms with van der Waals surface area (Å²) in [5.41, 5.74) is -8.03. The number of amides is 1. The summed E-state index contributed by atoms with van der Waals surface area (Å²) in [5, 5.41) is 1.98. The third-order valence-corrected chi connectivity index (χ3v) is 6.63. The number of carbonyl (C=O) groups excluding carboxylic acids is 1. The Labute approximate surface area is 187 Å². The number of para-hydroxylation sites is 1. The number of anilines is 1. The quantitative estimate of drug-likeness (QED) is 0.503. The maximum absolute atomic E-state index is 14.4. The highest BCUT2D eigenvalue weighted by molar-refractivity contribution is 7.89. The van der Waals surface area contributed by atoms with E-state index < -0.39 is 55.2 Å². The lowest BCUT2D eigenvalue weighted by Gasteiger charge is -2.29. The summed E-state index contributed by atoms with van der Waals surface area (Å²) >= 11 is 5.70. The first kappa shape index (κ1) is 22.8. The third kappa shape index (κ3) is 3.53. The van der Waals surface area contributed by atoms with Gasteiger partial charge in [-0.25, -0.2) is 17.8 Å². The van der Waals surface area contributed by atoms with Gasteiger partial charge in [0.1, 0.15) is 5.82 Å². The lowest BCUT2D eigenvalue weighted by molar-refractivity contribution is -0.194. The molecule has 2 aromatic carbocycles. The first-order chi connectivity index (χ1) is 15.4. The van der Waals surface area contributed by atoms with Crippen molar-refractivity contribution in [3.05, 3.63) is 86.0 Å². The van der Waals surface area contributed by atoms with Crippen LogP contribution in [0.1, 0.15) is 5.56 Å². The van der Waals surface area contributed by atoms with E-state index in [9.17, 15) is 36.0 Å². The van der Waals surface area contributed by atoms with E-state index in [2.05, 4.69) is 0 Å². The largest absolute Gasteiger partial charge is 0.421 e. The fraction of sp³-hybridized carbons (Fsp3) is 0.105. The lowest BCUT2D eigenvalue weighted by Crippen LogP contribution is -2.61. The van der Waals surface area contributed by atoms with Crippen molar-refractivity contribution in [2.75, 3.05) is 5.32 Å². The molecule has 0 radical (unpaired) electrons. The van der Waals surface area contributed by atoms with Crippen LogP contribution in [0.2, 0.25) is 5.02 Å². The van der Waals surface area contributed by atoms with Crippen molar-refractivity contribution in [2.24, 2.45) is 0 Å². The summed E-state index contributed by atoms with van der Waals surface area (Å²) in [4.78, 5) is 38.9. The van der Waals surface area contributed by atoms with Crippen molar-refractivity contribution in [3.8, 4) is 5.69 Å². The van der Waals surface area contributed by atoms with Crippen LogP contribution in [0.4, 0.5) is 19.0 Å². The van der Waals surface area contributed by atoms with Crippen LogP contribution in [0.15, 0.2) is 69.1 Å². The number of nitrogens with one attached hydrogen (secondary N) is 3. The Morgan fingerprint density at radius 2 is 1.58 bits per heavy atom. The number of rotatable bonds is 4. The van der Waals surface area contributed by atoms with Gasteiger partial charge in [0.25, 0.3) is 11.5 Å². The van der Waals surface area contributed by atoms with Gasteiger partial charge in [0.2, 0.25) is 15.6 Å². The molecular weight excluding hydrogens is 489 g/mol. The van der Waals surface area contributed by atoms with Crippen LogP contribution < -0.4 is 21.3 Å². The van der Waals surface area contributed by atoms with Gasteiger partial charge in [-0.2, -0.15) is 17.9 Å². The molecule has 2 heterocycles. The van der Waals surface area contributed by atoms with Crippen molar-refractivity contribution < 1.29 is 26.4 Å². The summed E-state index contributed by atoms with van der Waals surface area (Å²) < 4.78 is 70.9. The van der Waals surface area contributed by atoms with Crippen molar-refractivity contribution in [2.45, 2.75) is 16.6 Å². The zero-order valence-corrected chi connectivity index (χ0v) is 17.7. The predicted molar refractivity (Wildman–Crippen MR) is 111 cm³/mol. The van der Waals surface area contributed by atoms with Crippen LogP contribution in [0.5, 0.6) is 0 Å². The average Bonchev–Trinajstić information content (AvgIpc) is 3.01. The van der Waals surface area contributed by atoms with Gasteiger partial charge in [0.15, 0.2) is 0 Å². The van der Waals surface area contributed by atoms with Crippen LogP contribution in [-0.2, 0) is 20.4 Å². The Kier molecular flexibility index (Phi) is 5.22. The molecule has 9 nitrogen and oxygen atoms in total. The highest BCUT2D eigenvalue weighted by Crippen LogP contribution is 2.46. The molecule has 0 saturated heterocycles. The lowest BCUT2D eigenvalue weighted by atomic mass is 9.93. The van der Waals surface area contributed by atoms with Gasteiger partial charge in [-0.1, -0.05) is 29.8 Å². The highest BCUT2D eigenvalue weighted by Gasteiger charge is 2.69. The maximum Gasteiger partial charge on any atom is 0.421 e. The van der Waals surface area contributed by atoms with Crippen LogP contribution in [-0.4, -0.2) is 30.1 Å². The zero-order valence-electron chi connectivity index (χ0n) is 16.1. The van der Waals surface area contributed by atoms with E-state index in [1.54, 1.807) is 11.1 Å². The molecule has 0 fully saturated rings. The zero-order chi connectivity index (χ0) is 24.2. The molecule has 4 rings (SSSR count). The van der Waals surface area contributed by atoms with E-state index in [1.165, 1.54) is 29.0 Å². The predicted octanol–water partition coefficient (Wildman–Crippen LogP) is 1.87. The van der Waals surface area contributed by atoms with Gasteiger partial charge in [0.05, 0.1) is 16.1 Å². The molecule has 3 N–H and O–H groups in total. The Bertz CT molecular complexity index is 1490. The number of sulfonamides is 1. The summed E-state index contributed by atoms with van der Waals surface area (Å²) in [7, 11) is -5.01. The Morgan fingerprint density at radius 1 is 0.970 bits per heavy atom. The molecule has 33 heavy (non-hydrogen) atoms. The molecule has 0 saturated carbocycles. The van der Waals surface area contributed by atoms with E-state index in [1.807, 2.05) is 5.32 Å². The molecule has 1 aliphatic heterocycles. The second-order valence-electron chi connectivity index (χ2n) is 6.92. The van der Waals surface area contributed by atoms with E-state index in [-0.39, 0.29) is 10.7 Å². The van der Waals surface area contributed by atoms with Crippen molar-refractivity contribution in [3.63, 3.8) is 0 Å². The number of hydrogen-bond acceptors (Lipinski definition) is 5. The Balaban J connectivity index is 2.02. The van der Waals surface area contributed by atoms with Crippen LogP contribution in [0.3, 0.4) is 0 Å². The number of benzene rings is 2. The number of nitrogens with zero attached hydrogens (tertiary/aromatic N) is 1. The number of halogens is 4. The topological polar surface area (TPSA) is 130 Å². The Morgan fingerprint density at radius 3 is 2.15 bits per heavy atom. The molecule has 1 amide bonds. The number of carbonyl (C=O) groups is 1. The van der Waals surface area contributed by atoms with E-state index in [4.69, 9.17) is 11.6 Å². The average molecular weight is 501 g/mol. The molecule has 0 bridgehead atoms. The number of alkyl halides is 3. The second-order valence-corrected chi connectivity index (χ2v) is 9.03. The number of H-pyrrole nitrogens is 1. The molecule has 172 valence electrons. The fourth-order valence-corrected chi connectivity index (χ4v) is 4.89. The van der Waals surface area contributed by atoms with Crippen LogP contribution >= 0.6 is 11.6 Å². The van der Waals surface area contributed by atoms with E-state index in [0.717, 1.165) is 24.3 Å². The first-order valence-corrected chi connectivity index (χ1v) is 10.9. The maximum atomic E-state index is 14.4. The molecule has 0 spiro atoms. The van der Waals surface area contributed by atoms with E-state index in [0.29, 0.717) is 4.57 Å². The van der Waals surface area contributed by atoms with Crippen LogP contribution in [0, 0.1) is 0 Å². The number of aromatic amines is 1. The van der Waals surface area contributed by atoms with Gasteiger partial charge in [-0.3, -0.25) is 14.6 Å². The summed E-state index contributed by atoms with van der Waals surface area (Å²) in [6.07, 6.45) is -5.62. The number of hydrogen-bond donors (Lipinski definition) is 3. The first-order valence-electron chi connectivity index (χ1n) is 9.01. The molecule has 1 aliphatic rings. The molecule has 0 aliphatic carbocycles. The van der Waals surface area contributed by atoms with Gasteiger partial charge in [-0.15, -0.1) is 0 Å². The SMILES string of the molecule is O=C1Nc2c(c(=O)[nH]c(=O)n2-c2ccccc2)[C@@]1(NS(=O)(=O)c1ccc(Cl)cc1)C(F)(F)F. The van der Waals surface area contributed by atoms with Gasteiger partial charge >= 0.3 is 11.9 Å². The second kappa shape index (κ2) is 7.57. The molecular formula is C19H12ClF3N4O5S. The minimum absolute atomic E-state index is 0.0221. The normalized spacial score (nSPS) is 18.1. The molecule has 1 atom stereocenters. The van der Waals surface area contributed by atoms with Gasteiger partial charge < -0.3 is 5.32 Å². The molecule has 14 heteroatoms. The van der Waals surface area contributed by atoms with E-state index >= 15 is 0 Å². The smallest absolute Gasteiger partial charge is 0.309 e. The monoisotopic (exact) mass is 500 g/mol. The Hall–Kier alpha value is -3.42. The van der Waals surface area contributed by atoms with Crippen LogP contribution in [0.25, 0.3) is 5.69 Å². The van der Waals surface area contributed by atoms with Crippen molar-refractivity contribution in [1.29, 1.82) is 0 Å². The molecule has 0 unspecified atom stereocenters. The fourth-order valence-electron chi connectivity index (χ4n) is 3.44. The highest BCUT2D eigenvalue weighted by atomic mass is 35.5. The van der Waals surface area contributed by atoms with Gasteiger partial charge in [0, 0.05) is 5.02 Å². The summed E-state index contributed by atoms with van der Waals surface area (Å²) in [5.74, 6) is -2.71. The number of aromatic nitrogens is 2.